The van der Waals surface area contributed by atoms with E-state index in [1.165, 1.54) is 12.1 Å². The number of hydrogen-bond acceptors (Lipinski definition) is 5. The Morgan fingerprint density at radius 1 is 0.917 bits per heavy atom. The maximum absolute atomic E-state index is 13.4. The van der Waals surface area contributed by atoms with Crippen LogP contribution in [0.3, 0.4) is 0 Å². The Bertz CT molecular complexity index is 1320. The predicted molar refractivity (Wildman–Crippen MR) is 144 cm³/mol. The number of halogens is 3. The quantitative estimate of drug-likeness (QED) is 0.315. The predicted octanol–water partition coefficient (Wildman–Crippen LogP) is 5.32. The lowest BCUT2D eigenvalue weighted by Gasteiger charge is -2.22. The zero-order valence-corrected chi connectivity index (χ0v) is 23.5. The Hall–Kier alpha value is -2.30. The summed E-state index contributed by atoms with van der Waals surface area (Å²) in [5.41, 5.74) is 1.53. The van der Waals surface area contributed by atoms with Crippen LogP contribution in [0.5, 0.6) is 11.5 Å². The number of hydrogen-bond donors (Lipinski definition) is 1. The van der Waals surface area contributed by atoms with Gasteiger partial charge in [0.2, 0.25) is 15.9 Å². The summed E-state index contributed by atoms with van der Waals surface area (Å²) in [6.45, 7) is -0.115. The van der Waals surface area contributed by atoms with Crippen LogP contribution < -0.4 is 14.8 Å². The van der Waals surface area contributed by atoms with Gasteiger partial charge in [-0.3, -0.25) is 4.79 Å². The smallest absolute Gasteiger partial charge is 0.243 e. The van der Waals surface area contributed by atoms with Crippen molar-refractivity contribution in [2.24, 2.45) is 0 Å². The fourth-order valence-corrected chi connectivity index (χ4v) is 5.39. The number of carbonyl (C=O) groups is 1. The summed E-state index contributed by atoms with van der Waals surface area (Å²) in [5, 5.41) is 3.45. The van der Waals surface area contributed by atoms with Crippen LogP contribution in [-0.2, 0) is 27.8 Å². The maximum Gasteiger partial charge on any atom is 0.243 e. The third-order valence-electron chi connectivity index (χ3n) is 5.30. The van der Waals surface area contributed by atoms with Crippen LogP contribution in [-0.4, -0.2) is 45.9 Å². The summed E-state index contributed by atoms with van der Waals surface area (Å²) < 4.78 is 39.2. The molecular weight excluding hydrogens is 591 g/mol. The first-order chi connectivity index (χ1) is 17.1. The summed E-state index contributed by atoms with van der Waals surface area (Å²) in [6.07, 6.45) is 0.526. The van der Waals surface area contributed by atoms with Crippen LogP contribution in [0.4, 0.5) is 0 Å². The third kappa shape index (κ3) is 7.36. The van der Waals surface area contributed by atoms with Gasteiger partial charge in [-0.25, -0.2) is 8.42 Å². The van der Waals surface area contributed by atoms with E-state index in [1.807, 2.05) is 12.1 Å². The normalized spacial score (nSPS) is 11.4. The van der Waals surface area contributed by atoms with Crippen LogP contribution in [0.15, 0.2) is 70.0 Å². The second kappa shape index (κ2) is 12.8. The Morgan fingerprint density at radius 3 is 2.22 bits per heavy atom. The summed E-state index contributed by atoms with van der Waals surface area (Å²) >= 11 is 15.4. The summed E-state index contributed by atoms with van der Waals surface area (Å²) in [5.74, 6) is 0.771. The topological polar surface area (TPSA) is 84.9 Å². The molecule has 0 aromatic heterocycles. The maximum atomic E-state index is 13.4. The molecule has 192 valence electrons. The van der Waals surface area contributed by atoms with Crippen LogP contribution in [0.1, 0.15) is 11.1 Å². The molecule has 7 nitrogen and oxygen atoms in total. The van der Waals surface area contributed by atoms with Crippen LogP contribution in [0.25, 0.3) is 0 Å². The molecule has 0 heterocycles. The van der Waals surface area contributed by atoms with E-state index < -0.39 is 15.9 Å². The molecule has 0 aliphatic carbocycles. The van der Waals surface area contributed by atoms with E-state index in [2.05, 4.69) is 21.2 Å². The van der Waals surface area contributed by atoms with E-state index in [9.17, 15) is 13.2 Å². The molecule has 0 bridgehead atoms. The van der Waals surface area contributed by atoms with Crippen molar-refractivity contribution in [3.05, 3.63) is 86.3 Å². The van der Waals surface area contributed by atoms with Gasteiger partial charge in [0, 0.05) is 17.6 Å². The van der Waals surface area contributed by atoms with Gasteiger partial charge < -0.3 is 14.8 Å². The zero-order chi connectivity index (χ0) is 26.3. The standard InChI is InChI=1S/C25H25BrCl2N2O5S/c1-34-23-10-4-17(14-24(23)35-2)11-12-29-25(31)16-30(15-18-3-9-21(27)22(28)13-18)36(32,33)20-7-5-19(26)6-8-20/h3-10,13-14H,11-12,15-16H2,1-2H3,(H,29,31). The van der Waals surface area contributed by atoms with Gasteiger partial charge in [-0.15, -0.1) is 0 Å². The van der Waals surface area contributed by atoms with Crippen molar-refractivity contribution in [3.63, 3.8) is 0 Å². The van der Waals surface area contributed by atoms with Crippen molar-refractivity contribution in [2.45, 2.75) is 17.9 Å². The largest absolute Gasteiger partial charge is 0.493 e. The second-order valence-corrected chi connectivity index (χ2v) is 11.4. The SMILES string of the molecule is COc1ccc(CCNC(=O)CN(Cc2ccc(Cl)c(Cl)c2)S(=O)(=O)c2ccc(Br)cc2)cc1OC. The van der Waals surface area contributed by atoms with Crippen LogP contribution >= 0.6 is 39.1 Å². The number of sulfonamides is 1. The average Bonchev–Trinajstić information content (AvgIpc) is 2.86. The highest BCUT2D eigenvalue weighted by atomic mass is 79.9. The van der Waals surface area contributed by atoms with E-state index in [4.69, 9.17) is 32.7 Å². The number of carbonyl (C=O) groups excluding carboxylic acids is 1. The van der Waals surface area contributed by atoms with Gasteiger partial charge >= 0.3 is 0 Å². The zero-order valence-electron chi connectivity index (χ0n) is 19.6. The summed E-state index contributed by atoms with van der Waals surface area (Å²) in [4.78, 5) is 12.9. The van der Waals surface area contributed by atoms with E-state index in [1.54, 1.807) is 50.6 Å². The van der Waals surface area contributed by atoms with Crippen LogP contribution in [0.2, 0.25) is 10.0 Å². The first-order valence-electron chi connectivity index (χ1n) is 10.8. The monoisotopic (exact) mass is 614 g/mol. The lowest BCUT2D eigenvalue weighted by Crippen LogP contribution is -2.40. The molecule has 3 aromatic carbocycles. The number of methoxy groups -OCH3 is 2. The Balaban J connectivity index is 1.74. The highest BCUT2D eigenvalue weighted by Gasteiger charge is 2.27. The molecule has 0 radical (unpaired) electrons. The minimum absolute atomic E-state index is 0.0572. The first-order valence-corrected chi connectivity index (χ1v) is 13.8. The minimum atomic E-state index is -3.98. The number of benzene rings is 3. The molecular formula is C25H25BrCl2N2O5S. The molecule has 0 spiro atoms. The molecule has 0 fully saturated rings. The van der Waals surface area contributed by atoms with Crippen molar-refractivity contribution >= 4 is 55.1 Å². The molecule has 36 heavy (non-hydrogen) atoms. The molecule has 0 saturated heterocycles. The molecule has 11 heteroatoms. The van der Waals surface area contributed by atoms with Crippen molar-refractivity contribution in [2.75, 3.05) is 27.3 Å². The molecule has 0 saturated carbocycles. The third-order valence-corrected chi connectivity index (χ3v) is 8.37. The second-order valence-electron chi connectivity index (χ2n) is 7.76. The van der Waals surface area contributed by atoms with E-state index in [0.29, 0.717) is 40.1 Å². The molecule has 0 unspecified atom stereocenters. The van der Waals surface area contributed by atoms with Gasteiger partial charge in [0.25, 0.3) is 0 Å². The molecule has 3 rings (SSSR count). The fourth-order valence-electron chi connectivity index (χ4n) is 3.42. The molecule has 0 atom stereocenters. The van der Waals surface area contributed by atoms with Gasteiger partial charge in [-0.2, -0.15) is 4.31 Å². The van der Waals surface area contributed by atoms with Crippen molar-refractivity contribution in [3.8, 4) is 11.5 Å². The highest BCUT2D eigenvalue weighted by Crippen LogP contribution is 2.28. The van der Waals surface area contributed by atoms with Crippen molar-refractivity contribution < 1.29 is 22.7 Å². The number of nitrogens with zero attached hydrogens (tertiary/aromatic N) is 1. The minimum Gasteiger partial charge on any atom is -0.493 e. The molecule has 1 N–H and O–H groups in total. The summed E-state index contributed by atoms with van der Waals surface area (Å²) in [6, 6.07) is 16.6. The number of rotatable bonds is 11. The fraction of sp³-hybridized carbons (Fsp3) is 0.240. The molecule has 0 aliphatic rings. The van der Waals surface area contributed by atoms with E-state index in [-0.39, 0.29) is 18.0 Å². The van der Waals surface area contributed by atoms with Gasteiger partial charge in [0.05, 0.1) is 35.7 Å². The Morgan fingerprint density at radius 2 is 1.58 bits per heavy atom. The van der Waals surface area contributed by atoms with Gasteiger partial charge in [0.15, 0.2) is 11.5 Å². The number of nitrogens with one attached hydrogen (secondary N) is 1. The van der Waals surface area contributed by atoms with Crippen molar-refractivity contribution in [1.82, 2.24) is 9.62 Å². The molecule has 0 aliphatic heterocycles. The summed E-state index contributed by atoms with van der Waals surface area (Å²) in [7, 11) is -0.870. The highest BCUT2D eigenvalue weighted by molar-refractivity contribution is 9.10. The lowest BCUT2D eigenvalue weighted by molar-refractivity contribution is -0.121. The van der Waals surface area contributed by atoms with Gasteiger partial charge in [-0.05, 0) is 66.1 Å². The van der Waals surface area contributed by atoms with Gasteiger partial charge in [0.1, 0.15) is 0 Å². The van der Waals surface area contributed by atoms with E-state index >= 15 is 0 Å². The Kier molecular flexibility index (Phi) is 10.0. The lowest BCUT2D eigenvalue weighted by atomic mass is 10.1. The first kappa shape index (κ1) is 28.3. The van der Waals surface area contributed by atoms with E-state index in [0.717, 1.165) is 14.3 Å². The van der Waals surface area contributed by atoms with Gasteiger partial charge in [-0.1, -0.05) is 51.3 Å². The Labute approximate surface area is 229 Å². The average molecular weight is 616 g/mol. The molecule has 1 amide bonds. The van der Waals surface area contributed by atoms with Crippen LogP contribution in [0, 0.1) is 0 Å². The molecule has 3 aromatic rings. The van der Waals surface area contributed by atoms with Crippen molar-refractivity contribution in [1.29, 1.82) is 0 Å². The number of ether oxygens (including phenoxy) is 2. The number of amides is 1.